The molecule has 222 valence electrons. The highest BCUT2D eigenvalue weighted by Gasteiger charge is 2.29. The van der Waals surface area contributed by atoms with Crippen LogP contribution in [0.25, 0.3) is 0 Å². The third-order valence-corrected chi connectivity index (χ3v) is 9.55. The molecule has 1 amide bonds. The standard InChI is InChI=1S/C30H45N3O6S/c1-7-9-10-24(8-2)30(34)33-19-17-32(18-20-33)26-22-25(12-14-27(26)37-4)40(35,36)31(3)16-15-23-11-13-28(38-5)29(21-23)39-6/h11-14,21-22,24H,7-10,15-20H2,1-6H3/t24-/m0/s1. The molecule has 0 radical (unpaired) electrons. The molecule has 9 nitrogen and oxygen atoms in total. The summed E-state index contributed by atoms with van der Waals surface area (Å²) in [6.45, 7) is 6.97. The molecular formula is C30H45N3O6S. The van der Waals surface area contributed by atoms with E-state index in [1.807, 2.05) is 23.1 Å². The molecule has 1 saturated heterocycles. The number of unbranched alkanes of at least 4 members (excludes halogenated alkanes) is 1. The summed E-state index contributed by atoms with van der Waals surface area (Å²) in [4.78, 5) is 17.4. The number of sulfonamides is 1. The third-order valence-electron chi connectivity index (χ3n) is 7.70. The largest absolute Gasteiger partial charge is 0.495 e. The molecule has 0 aliphatic carbocycles. The highest BCUT2D eigenvalue weighted by atomic mass is 32.2. The van der Waals surface area contributed by atoms with Crippen LogP contribution in [0.1, 0.15) is 45.1 Å². The third kappa shape index (κ3) is 7.40. The van der Waals surface area contributed by atoms with E-state index in [0.717, 1.165) is 36.9 Å². The molecule has 1 atom stereocenters. The van der Waals surface area contributed by atoms with Gasteiger partial charge in [0.15, 0.2) is 11.5 Å². The first kappa shape index (κ1) is 31.5. The first-order valence-corrected chi connectivity index (χ1v) is 15.5. The maximum atomic E-state index is 13.5. The van der Waals surface area contributed by atoms with Crippen LogP contribution in [0.5, 0.6) is 17.2 Å². The lowest BCUT2D eigenvalue weighted by Gasteiger charge is -2.38. The topological polar surface area (TPSA) is 88.6 Å². The van der Waals surface area contributed by atoms with Crippen LogP contribution in [0, 0.1) is 5.92 Å². The molecule has 0 saturated carbocycles. The van der Waals surface area contributed by atoms with Crippen molar-refractivity contribution in [2.45, 2.75) is 50.8 Å². The van der Waals surface area contributed by atoms with Crippen molar-refractivity contribution in [3.05, 3.63) is 42.0 Å². The SMILES string of the molecule is CCCC[C@H](CC)C(=O)N1CCN(c2cc(S(=O)(=O)N(C)CCc3ccc(OC)c(OC)c3)ccc2OC)CC1. The zero-order valence-corrected chi connectivity index (χ0v) is 25.6. The monoisotopic (exact) mass is 575 g/mol. The summed E-state index contributed by atoms with van der Waals surface area (Å²) in [6, 6.07) is 10.6. The van der Waals surface area contributed by atoms with Gasteiger partial charge >= 0.3 is 0 Å². The molecule has 1 heterocycles. The van der Waals surface area contributed by atoms with Crippen LogP contribution in [-0.4, -0.2) is 84.6 Å². The number of anilines is 1. The quantitative estimate of drug-likeness (QED) is 0.329. The number of rotatable bonds is 14. The van der Waals surface area contributed by atoms with Crippen LogP contribution in [0.15, 0.2) is 41.3 Å². The van der Waals surface area contributed by atoms with Gasteiger partial charge in [-0.1, -0.05) is 32.8 Å². The molecule has 1 fully saturated rings. The minimum atomic E-state index is -3.74. The van der Waals surface area contributed by atoms with Gasteiger partial charge in [0.05, 0.1) is 31.9 Å². The molecule has 2 aromatic carbocycles. The fraction of sp³-hybridized carbons (Fsp3) is 0.567. The van der Waals surface area contributed by atoms with Crippen molar-refractivity contribution in [2.75, 3.05) is 66.0 Å². The molecule has 0 N–H and O–H groups in total. The van der Waals surface area contributed by atoms with E-state index in [9.17, 15) is 13.2 Å². The Morgan fingerprint density at radius 3 is 2.17 bits per heavy atom. The second-order valence-corrected chi connectivity index (χ2v) is 12.2. The van der Waals surface area contributed by atoms with E-state index in [1.54, 1.807) is 46.6 Å². The lowest BCUT2D eigenvalue weighted by atomic mass is 9.97. The maximum Gasteiger partial charge on any atom is 0.242 e. The molecule has 1 aliphatic heterocycles. The Bertz CT molecular complexity index is 1230. The van der Waals surface area contributed by atoms with Crippen LogP contribution in [0.3, 0.4) is 0 Å². The smallest absolute Gasteiger partial charge is 0.242 e. The zero-order valence-electron chi connectivity index (χ0n) is 24.8. The number of hydrogen-bond acceptors (Lipinski definition) is 7. The average molecular weight is 576 g/mol. The Morgan fingerprint density at radius 2 is 1.57 bits per heavy atom. The van der Waals surface area contributed by atoms with E-state index in [2.05, 4.69) is 18.7 Å². The van der Waals surface area contributed by atoms with Gasteiger partial charge in [-0.2, -0.15) is 0 Å². The Morgan fingerprint density at radius 1 is 0.925 bits per heavy atom. The number of methoxy groups -OCH3 is 3. The minimum absolute atomic E-state index is 0.0732. The van der Waals surface area contributed by atoms with Gasteiger partial charge in [0.2, 0.25) is 15.9 Å². The minimum Gasteiger partial charge on any atom is -0.495 e. The Balaban J connectivity index is 1.71. The number of ether oxygens (including phenoxy) is 3. The molecule has 0 aromatic heterocycles. The summed E-state index contributed by atoms with van der Waals surface area (Å²) in [7, 11) is 2.59. The summed E-state index contributed by atoms with van der Waals surface area (Å²) in [5.41, 5.74) is 1.67. The zero-order chi connectivity index (χ0) is 29.3. The van der Waals surface area contributed by atoms with Crippen LogP contribution >= 0.6 is 0 Å². The number of carbonyl (C=O) groups excluding carboxylic acids is 1. The molecule has 0 spiro atoms. The summed E-state index contributed by atoms with van der Waals surface area (Å²) >= 11 is 0. The number of nitrogens with zero attached hydrogens (tertiary/aromatic N) is 3. The highest BCUT2D eigenvalue weighted by Crippen LogP contribution is 2.33. The number of hydrogen-bond donors (Lipinski definition) is 0. The molecule has 0 bridgehead atoms. The van der Waals surface area contributed by atoms with Gasteiger partial charge in [-0.15, -0.1) is 0 Å². The van der Waals surface area contributed by atoms with Gasteiger partial charge < -0.3 is 24.0 Å². The second kappa shape index (κ2) is 14.6. The Labute approximate surface area is 240 Å². The molecule has 1 aliphatic rings. The Kier molecular flexibility index (Phi) is 11.5. The van der Waals surface area contributed by atoms with Crippen molar-refractivity contribution >= 4 is 21.6 Å². The van der Waals surface area contributed by atoms with E-state index in [1.165, 1.54) is 4.31 Å². The average Bonchev–Trinajstić information content (AvgIpc) is 2.99. The molecule has 3 rings (SSSR count). The van der Waals surface area contributed by atoms with Crippen LogP contribution in [0.2, 0.25) is 0 Å². The van der Waals surface area contributed by atoms with Gasteiger partial charge in [-0.05, 0) is 55.2 Å². The summed E-state index contributed by atoms with van der Waals surface area (Å²) in [5.74, 6) is 2.16. The van der Waals surface area contributed by atoms with E-state index >= 15 is 0 Å². The molecule has 2 aromatic rings. The summed E-state index contributed by atoms with van der Waals surface area (Å²) < 4.78 is 44.7. The normalized spacial score (nSPS) is 14.8. The summed E-state index contributed by atoms with van der Waals surface area (Å²) in [6.07, 6.45) is 4.45. The number of carbonyl (C=O) groups is 1. The van der Waals surface area contributed by atoms with E-state index in [4.69, 9.17) is 14.2 Å². The van der Waals surface area contributed by atoms with Crippen molar-refractivity contribution in [2.24, 2.45) is 5.92 Å². The van der Waals surface area contributed by atoms with E-state index in [-0.39, 0.29) is 16.7 Å². The molecule has 10 heteroatoms. The Hall–Kier alpha value is -2.98. The van der Waals surface area contributed by atoms with Crippen molar-refractivity contribution in [1.82, 2.24) is 9.21 Å². The van der Waals surface area contributed by atoms with E-state index < -0.39 is 10.0 Å². The van der Waals surface area contributed by atoms with Gasteiger partial charge in [-0.25, -0.2) is 12.7 Å². The summed E-state index contributed by atoms with van der Waals surface area (Å²) in [5, 5.41) is 0. The first-order valence-electron chi connectivity index (χ1n) is 14.1. The predicted molar refractivity (Wildman–Crippen MR) is 158 cm³/mol. The lowest BCUT2D eigenvalue weighted by Crippen LogP contribution is -2.50. The van der Waals surface area contributed by atoms with Crippen molar-refractivity contribution < 1.29 is 27.4 Å². The van der Waals surface area contributed by atoms with E-state index in [0.29, 0.717) is 56.4 Å². The van der Waals surface area contributed by atoms with Crippen molar-refractivity contribution in [3.63, 3.8) is 0 Å². The van der Waals surface area contributed by atoms with Crippen molar-refractivity contribution in [3.8, 4) is 17.2 Å². The fourth-order valence-corrected chi connectivity index (χ4v) is 6.27. The maximum absolute atomic E-state index is 13.5. The molecular weight excluding hydrogens is 530 g/mol. The molecule has 0 unspecified atom stereocenters. The van der Waals surface area contributed by atoms with Crippen LogP contribution in [-0.2, 0) is 21.2 Å². The first-order chi connectivity index (χ1) is 19.2. The number of amides is 1. The lowest BCUT2D eigenvalue weighted by molar-refractivity contribution is -0.136. The number of piperazine rings is 1. The fourth-order valence-electron chi connectivity index (χ4n) is 5.08. The van der Waals surface area contributed by atoms with Gasteiger partial charge in [0.25, 0.3) is 0 Å². The van der Waals surface area contributed by atoms with Gasteiger partial charge in [0.1, 0.15) is 5.75 Å². The highest BCUT2D eigenvalue weighted by molar-refractivity contribution is 7.89. The second-order valence-electron chi connectivity index (χ2n) is 10.2. The van der Waals surface area contributed by atoms with Crippen molar-refractivity contribution in [1.29, 1.82) is 0 Å². The molecule has 40 heavy (non-hydrogen) atoms. The number of benzene rings is 2. The van der Waals surface area contributed by atoms with Crippen LogP contribution in [0.4, 0.5) is 5.69 Å². The van der Waals surface area contributed by atoms with Gasteiger partial charge in [-0.3, -0.25) is 4.79 Å². The predicted octanol–water partition coefficient (Wildman–Crippen LogP) is 4.44. The van der Waals surface area contributed by atoms with Crippen LogP contribution < -0.4 is 19.1 Å². The number of likely N-dealkylation sites (N-methyl/N-ethyl adjacent to an activating group) is 1. The van der Waals surface area contributed by atoms with Gasteiger partial charge in [0, 0.05) is 45.7 Å².